The van der Waals surface area contributed by atoms with E-state index in [-0.39, 0.29) is 5.78 Å². The fourth-order valence-electron chi connectivity index (χ4n) is 2.89. The van der Waals surface area contributed by atoms with Crippen molar-refractivity contribution in [1.29, 1.82) is 0 Å². The van der Waals surface area contributed by atoms with Crippen LogP contribution in [-0.4, -0.2) is 15.8 Å². The van der Waals surface area contributed by atoms with E-state index in [1.807, 2.05) is 36.4 Å². The summed E-state index contributed by atoms with van der Waals surface area (Å²) >= 11 is 0. The highest BCUT2D eigenvalue weighted by atomic mass is 16.1. The van der Waals surface area contributed by atoms with Crippen molar-refractivity contribution in [2.24, 2.45) is 0 Å². The van der Waals surface area contributed by atoms with Gasteiger partial charge in [-0.15, -0.1) is 0 Å². The van der Waals surface area contributed by atoms with Gasteiger partial charge in [0.1, 0.15) is 0 Å². The van der Waals surface area contributed by atoms with Crippen LogP contribution >= 0.6 is 0 Å². The largest absolute Gasteiger partial charge is 0.289 e. The van der Waals surface area contributed by atoms with Crippen LogP contribution in [-0.2, 0) is 0 Å². The molecule has 0 spiro atoms. The molecule has 3 heteroatoms. The van der Waals surface area contributed by atoms with E-state index in [1.165, 1.54) is 25.7 Å². The van der Waals surface area contributed by atoms with Crippen molar-refractivity contribution in [3.8, 4) is 11.4 Å². The first-order valence-corrected chi connectivity index (χ1v) is 8.59. The second-order valence-electron chi connectivity index (χ2n) is 6.06. The summed E-state index contributed by atoms with van der Waals surface area (Å²) in [7, 11) is 0. The summed E-state index contributed by atoms with van der Waals surface area (Å²) in [6, 6.07) is 9.36. The topological polar surface area (TPSA) is 42.9 Å². The molecule has 0 fully saturated rings. The third-order valence-electron chi connectivity index (χ3n) is 4.26. The SMILES string of the molecule is O=C(C=CCCC1=CCCCC1)c1ccc(-c2ccccn2)nc1. The van der Waals surface area contributed by atoms with Gasteiger partial charge >= 0.3 is 0 Å². The molecule has 122 valence electrons. The molecule has 3 nitrogen and oxygen atoms in total. The van der Waals surface area contributed by atoms with Gasteiger partial charge in [0.25, 0.3) is 0 Å². The lowest BCUT2D eigenvalue weighted by atomic mass is 9.96. The zero-order valence-electron chi connectivity index (χ0n) is 13.8. The molecular formula is C21H22N2O. The second kappa shape index (κ2) is 8.34. The minimum atomic E-state index is 0.00712. The van der Waals surface area contributed by atoms with Crippen LogP contribution in [0.1, 0.15) is 48.9 Å². The molecule has 24 heavy (non-hydrogen) atoms. The van der Waals surface area contributed by atoms with Gasteiger partial charge in [-0.25, -0.2) is 0 Å². The van der Waals surface area contributed by atoms with Gasteiger partial charge in [0.2, 0.25) is 0 Å². The van der Waals surface area contributed by atoms with Gasteiger partial charge in [-0.3, -0.25) is 14.8 Å². The Bertz CT molecular complexity index is 730. The average molecular weight is 318 g/mol. The molecule has 2 heterocycles. The highest BCUT2D eigenvalue weighted by Crippen LogP contribution is 2.21. The molecule has 1 aliphatic rings. The van der Waals surface area contributed by atoms with E-state index in [0.717, 1.165) is 24.2 Å². The van der Waals surface area contributed by atoms with Crippen LogP contribution in [0.25, 0.3) is 11.4 Å². The number of nitrogens with zero attached hydrogens (tertiary/aromatic N) is 2. The van der Waals surface area contributed by atoms with Gasteiger partial charge in [-0.1, -0.05) is 23.8 Å². The van der Waals surface area contributed by atoms with Crippen LogP contribution in [0.4, 0.5) is 0 Å². The van der Waals surface area contributed by atoms with Gasteiger partial charge in [-0.05, 0) is 68.9 Å². The van der Waals surface area contributed by atoms with E-state index >= 15 is 0 Å². The molecule has 0 aromatic carbocycles. The lowest BCUT2D eigenvalue weighted by Crippen LogP contribution is -1.96. The van der Waals surface area contributed by atoms with Gasteiger partial charge in [0.05, 0.1) is 11.4 Å². The van der Waals surface area contributed by atoms with Crippen LogP contribution in [0.15, 0.2) is 66.5 Å². The number of hydrogen-bond donors (Lipinski definition) is 0. The fraction of sp³-hybridized carbons (Fsp3) is 0.286. The summed E-state index contributed by atoms with van der Waals surface area (Å²) in [5.74, 6) is 0.00712. The zero-order chi connectivity index (χ0) is 16.6. The molecule has 0 saturated carbocycles. The Kier molecular flexibility index (Phi) is 5.67. The van der Waals surface area contributed by atoms with Crippen molar-refractivity contribution < 1.29 is 4.79 Å². The van der Waals surface area contributed by atoms with E-state index in [0.29, 0.717) is 5.56 Å². The quantitative estimate of drug-likeness (QED) is 0.419. The van der Waals surface area contributed by atoms with E-state index in [4.69, 9.17) is 0 Å². The molecule has 1 aliphatic carbocycles. The zero-order valence-corrected chi connectivity index (χ0v) is 13.8. The van der Waals surface area contributed by atoms with E-state index in [1.54, 1.807) is 24.0 Å². The van der Waals surface area contributed by atoms with E-state index in [2.05, 4.69) is 16.0 Å². The first-order valence-electron chi connectivity index (χ1n) is 8.59. The van der Waals surface area contributed by atoms with E-state index in [9.17, 15) is 4.79 Å². The molecule has 3 rings (SSSR count). The summed E-state index contributed by atoms with van der Waals surface area (Å²) in [6.45, 7) is 0. The number of rotatable bonds is 6. The Morgan fingerprint density at radius 2 is 2.00 bits per heavy atom. The van der Waals surface area contributed by atoms with Crippen molar-refractivity contribution >= 4 is 5.78 Å². The normalized spacial score (nSPS) is 14.6. The minimum absolute atomic E-state index is 0.00712. The molecule has 0 unspecified atom stereocenters. The van der Waals surface area contributed by atoms with Gasteiger partial charge in [0, 0.05) is 18.0 Å². The Labute approximate surface area is 143 Å². The standard InChI is InChI=1S/C21H22N2O/c24-21(12-5-4-10-17-8-2-1-3-9-17)18-13-14-20(23-16-18)19-11-6-7-15-22-19/h5-8,11-16H,1-4,9-10H2. The number of carbonyl (C=O) groups excluding carboxylic acids is 1. The molecule has 0 bridgehead atoms. The van der Waals surface area contributed by atoms with Crippen molar-refractivity contribution in [2.45, 2.75) is 38.5 Å². The van der Waals surface area contributed by atoms with Crippen LogP contribution < -0.4 is 0 Å². The number of aromatic nitrogens is 2. The number of hydrogen-bond acceptors (Lipinski definition) is 3. The molecule has 0 amide bonds. The van der Waals surface area contributed by atoms with Gasteiger partial charge in [-0.2, -0.15) is 0 Å². The van der Waals surface area contributed by atoms with Crippen molar-refractivity contribution in [3.05, 3.63) is 72.1 Å². The molecule has 0 N–H and O–H groups in total. The monoisotopic (exact) mass is 318 g/mol. The summed E-state index contributed by atoms with van der Waals surface area (Å²) in [6.07, 6.45) is 16.4. The van der Waals surface area contributed by atoms with Crippen molar-refractivity contribution in [3.63, 3.8) is 0 Å². The number of ketones is 1. The summed E-state index contributed by atoms with van der Waals surface area (Å²) in [5, 5.41) is 0. The molecular weight excluding hydrogens is 296 g/mol. The third kappa shape index (κ3) is 4.48. The minimum Gasteiger partial charge on any atom is -0.289 e. The smallest absolute Gasteiger partial charge is 0.187 e. The number of allylic oxidation sites excluding steroid dienone is 4. The first-order chi connectivity index (χ1) is 11.8. The second-order valence-corrected chi connectivity index (χ2v) is 6.06. The summed E-state index contributed by atoms with van der Waals surface area (Å²) in [5.41, 5.74) is 3.75. The van der Waals surface area contributed by atoms with Crippen molar-refractivity contribution in [2.75, 3.05) is 0 Å². The molecule has 0 saturated heterocycles. The molecule has 2 aromatic heterocycles. The Hall–Kier alpha value is -2.55. The maximum absolute atomic E-state index is 12.2. The predicted molar refractivity (Wildman–Crippen MR) is 96.7 cm³/mol. The highest BCUT2D eigenvalue weighted by Gasteiger charge is 2.05. The van der Waals surface area contributed by atoms with Gasteiger partial charge in [0.15, 0.2) is 5.78 Å². The maximum atomic E-state index is 12.2. The van der Waals surface area contributed by atoms with Crippen molar-refractivity contribution in [1.82, 2.24) is 9.97 Å². The first kappa shape index (κ1) is 16.3. The molecule has 0 atom stereocenters. The van der Waals surface area contributed by atoms with Crippen LogP contribution in [0.3, 0.4) is 0 Å². The molecule has 2 aromatic rings. The average Bonchev–Trinajstić information content (AvgIpc) is 2.67. The lowest BCUT2D eigenvalue weighted by molar-refractivity contribution is 0.104. The Morgan fingerprint density at radius 1 is 1.08 bits per heavy atom. The van der Waals surface area contributed by atoms with Crippen LogP contribution in [0, 0.1) is 0 Å². The third-order valence-corrected chi connectivity index (χ3v) is 4.26. The van der Waals surface area contributed by atoms with Crippen LogP contribution in [0.5, 0.6) is 0 Å². The highest BCUT2D eigenvalue weighted by molar-refractivity contribution is 6.04. The maximum Gasteiger partial charge on any atom is 0.187 e. The van der Waals surface area contributed by atoms with Gasteiger partial charge < -0.3 is 0 Å². The Balaban J connectivity index is 1.55. The summed E-state index contributed by atoms with van der Waals surface area (Å²) < 4.78 is 0. The number of pyridine rings is 2. The molecule has 0 radical (unpaired) electrons. The predicted octanol–water partition coefficient (Wildman–Crippen LogP) is 5.16. The summed E-state index contributed by atoms with van der Waals surface area (Å²) in [4.78, 5) is 20.8. The molecule has 0 aliphatic heterocycles. The van der Waals surface area contributed by atoms with E-state index < -0.39 is 0 Å². The number of carbonyl (C=O) groups is 1. The lowest BCUT2D eigenvalue weighted by Gasteiger charge is -2.10. The Morgan fingerprint density at radius 3 is 2.71 bits per heavy atom. The fourth-order valence-corrected chi connectivity index (χ4v) is 2.89. The van der Waals surface area contributed by atoms with Crippen LogP contribution in [0.2, 0.25) is 0 Å².